The van der Waals surface area contributed by atoms with Crippen LogP contribution in [-0.2, 0) is 30.0 Å². The van der Waals surface area contributed by atoms with Crippen LogP contribution in [0.2, 0.25) is 0 Å². The van der Waals surface area contributed by atoms with Gasteiger partial charge in [-0.2, -0.15) is 0 Å². The smallest absolute Gasteiger partial charge is 0.373 e. The maximum atomic E-state index is 14.5. The third kappa shape index (κ3) is 5.72. The van der Waals surface area contributed by atoms with Crippen molar-refractivity contribution in [2.45, 2.75) is 80.5 Å². The van der Waals surface area contributed by atoms with E-state index in [1.807, 2.05) is 0 Å². The van der Waals surface area contributed by atoms with E-state index in [9.17, 15) is 34.0 Å². The minimum absolute atomic E-state index is 0.110. The van der Waals surface area contributed by atoms with Gasteiger partial charge in [0.25, 0.3) is 0 Å². The summed E-state index contributed by atoms with van der Waals surface area (Å²) < 4.78 is 48.4. The summed E-state index contributed by atoms with van der Waals surface area (Å²) in [6.45, 7) is 2.64. The molecule has 0 bridgehead atoms. The average Bonchev–Trinajstić information content (AvgIpc) is 2.80. The first-order chi connectivity index (χ1) is 17.8. The van der Waals surface area contributed by atoms with Gasteiger partial charge in [0.1, 0.15) is 29.9 Å². The number of amides is 1. The minimum atomic E-state index is -3.92. The van der Waals surface area contributed by atoms with Crippen molar-refractivity contribution in [3.05, 3.63) is 23.8 Å². The molecule has 3 aliphatic rings. The maximum absolute atomic E-state index is 14.5. The monoisotopic (exact) mass is 564 g/mol. The standard InChI is InChI=1S/C22H34FN4O10P/c1-9-5-13(27-14(28)7-12-11(23)6-10(8-26-12)37-38(4,32)33)22(31)21(34-9)35-20-18(30)15(24-2)17(29)16(25-3)19(20)36-22/h6,8-9,13,15-21,24-25,29-31H,5,7H2,1-4H3,(H,27,28)(H,32,33)/t9-,13-,15-,16+,17+,18+,19-,20-,21+,22+/m1/s1. The number of carbonyl (C=O) groups is 1. The number of hydrogen-bond acceptors (Lipinski definition) is 12. The predicted molar refractivity (Wildman–Crippen MR) is 128 cm³/mol. The van der Waals surface area contributed by atoms with Crippen molar-refractivity contribution in [3.63, 3.8) is 0 Å². The van der Waals surface area contributed by atoms with Crippen LogP contribution in [0.3, 0.4) is 0 Å². The molecule has 11 atom stereocenters. The number of aromatic nitrogens is 1. The largest absolute Gasteiger partial charge is 0.423 e. The molecule has 14 nitrogen and oxygen atoms in total. The van der Waals surface area contributed by atoms with Gasteiger partial charge in [-0.05, 0) is 27.4 Å². The molecular weight excluding hydrogens is 530 g/mol. The summed E-state index contributed by atoms with van der Waals surface area (Å²) in [6, 6.07) is -1.72. The van der Waals surface area contributed by atoms with Crippen molar-refractivity contribution >= 4 is 13.5 Å². The van der Waals surface area contributed by atoms with E-state index in [0.717, 1.165) is 18.9 Å². The fraction of sp³-hybridized carbons (Fsp3) is 0.727. The first-order valence-corrected chi connectivity index (χ1v) is 14.1. The molecule has 1 saturated carbocycles. The van der Waals surface area contributed by atoms with Gasteiger partial charge in [0.15, 0.2) is 0 Å². The van der Waals surface area contributed by atoms with Crippen molar-refractivity contribution in [1.29, 1.82) is 0 Å². The number of hydrogen-bond donors (Lipinski definition) is 7. The fourth-order valence-electron chi connectivity index (χ4n) is 5.24. The van der Waals surface area contributed by atoms with Crippen molar-refractivity contribution < 1.29 is 52.7 Å². The Bertz CT molecular complexity index is 1080. The summed E-state index contributed by atoms with van der Waals surface area (Å²) in [4.78, 5) is 26.0. The summed E-state index contributed by atoms with van der Waals surface area (Å²) in [5.74, 6) is -4.09. The van der Waals surface area contributed by atoms with Crippen LogP contribution in [0.4, 0.5) is 4.39 Å². The van der Waals surface area contributed by atoms with Gasteiger partial charge in [-0.3, -0.25) is 9.78 Å². The van der Waals surface area contributed by atoms with Crippen LogP contribution in [0, 0.1) is 5.82 Å². The number of ether oxygens (including phenoxy) is 3. The van der Waals surface area contributed by atoms with E-state index in [2.05, 4.69) is 20.9 Å². The third-order valence-electron chi connectivity index (χ3n) is 6.98. The van der Waals surface area contributed by atoms with Crippen LogP contribution >= 0.6 is 7.60 Å². The molecule has 3 heterocycles. The number of fused-ring (bicyclic) bond motifs is 2. The number of halogens is 1. The van der Waals surface area contributed by atoms with Gasteiger partial charge in [0, 0.05) is 12.7 Å². The molecule has 1 aromatic rings. The predicted octanol–water partition coefficient (Wildman–Crippen LogP) is -2.04. The molecular formula is C22H34FN4O10P. The molecule has 1 aromatic heterocycles. The molecule has 0 aromatic carbocycles. The second-order valence-corrected chi connectivity index (χ2v) is 11.6. The molecule has 16 heteroatoms. The Morgan fingerprint density at radius 3 is 2.53 bits per heavy atom. The fourth-order valence-corrected chi connectivity index (χ4v) is 5.73. The van der Waals surface area contributed by atoms with E-state index in [4.69, 9.17) is 18.7 Å². The molecule has 1 unspecified atom stereocenters. The number of aliphatic hydroxyl groups excluding tert-OH is 2. The van der Waals surface area contributed by atoms with Crippen LogP contribution in [0.25, 0.3) is 0 Å². The Labute approximate surface area is 218 Å². The van der Waals surface area contributed by atoms with Crippen LogP contribution < -0.4 is 20.5 Å². The first kappa shape index (κ1) is 29.2. The molecule has 2 saturated heterocycles. The highest BCUT2D eigenvalue weighted by atomic mass is 31.2. The van der Waals surface area contributed by atoms with Crippen molar-refractivity contribution in [1.82, 2.24) is 20.9 Å². The summed E-state index contributed by atoms with van der Waals surface area (Å²) in [5, 5.41) is 41.6. The number of likely N-dealkylation sites (N-methyl/N-ethyl adjacent to an activating group) is 2. The molecule has 2 aliphatic heterocycles. The Hall–Kier alpha value is -1.78. The lowest BCUT2D eigenvalue weighted by molar-refractivity contribution is -0.449. The van der Waals surface area contributed by atoms with Gasteiger partial charge in [0.05, 0.1) is 48.6 Å². The van der Waals surface area contributed by atoms with E-state index in [1.165, 1.54) is 0 Å². The molecule has 214 valence electrons. The molecule has 0 radical (unpaired) electrons. The van der Waals surface area contributed by atoms with E-state index in [-0.39, 0.29) is 17.9 Å². The summed E-state index contributed by atoms with van der Waals surface area (Å²) in [6.07, 6.45) is -5.55. The van der Waals surface area contributed by atoms with Crippen molar-refractivity contribution in [2.24, 2.45) is 0 Å². The number of rotatable bonds is 7. The van der Waals surface area contributed by atoms with E-state index in [0.29, 0.717) is 0 Å². The number of aliphatic hydroxyl groups is 3. The topological polar surface area (TPSA) is 201 Å². The van der Waals surface area contributed by atoms with Crippen LogP contribution in [0.1, 0.15) is 19.0 Å². The average molecular weight is 565 g/mol. The Morgan fingerprint density at radius 2 is 1.92 bits per heavy atom. The van der Waals surface area contributed by atoms with E-state index in [1.54, 1.807) is 21.0 Å². The second kappa shape index (κ2) is 11.0. The number of pyridine rings is 1. The Kier molecular flexibility index (Phi) is 8.46. The lowest BCUT2D eigenvalue weighted by Crippen LogP contribution is -2.79. The summed E-state index contributed by atoms with van der Waals surface area (Å²) in [5.41, 5.74) is -0.255. The number of carbonyl (C=O) groups excluding carboxylic acids is 1. The number of nitrogens with zero attached hydrogens (tertiary/aromatic N) is 1. The molecule has 0 spiro atoms. The van der Waals surface area contributed by atoms with Crippen molar-refractivity contribution in [2.75, 3.05) is 20.8 Å². The zero-order valence-electron chi connectivity index (χ0n) is 21.3. The highest BCUT2D eigenvalue weighted by Gasteiger charge is 2.63. The molecule has 1 aliphatic carbocycles. The number of nitrogens with one attached hydrogen (secondary N) is 3. The van der Waals surface area contributed by atoms with Crippen LogP contribution in [0.5, 0.6) is 5.75 Å². The zero-order valence-corrected chi connectivity index (χ0v) is 22.2. The van der Waals surface area contributed by atoms with Crippen LogP contribution in [-0.4, -0.2) is 113 Å². The lowest BCUT2D eigenvalue weighted by atomic mass is 9.79. The molecule has 3 fully saturated rings. The van der Waals surface area contributed by atoms with Gasteiger partial charge >= 0.3 is 7.60 Å². The van der Waals surface area contributed by atoms with E-state index >= 15 is 0 Å². The Morgan fingerprint density at radius 1 is 1.24 bits per heavy atom. The van der Waals surface area contributed by atoms with Gasteiger partial charge in [-0.15, -0.1) is 0 Å². The van der Waals surface area contributed by atoms with Gasteiger partial charge in [-0.25, -0.2) is 8.96 Å². The second-order valence-electron chi connectivity index (χ2n) is 9.85. The quantitative estimate of drug-likeness (QED) is 0.179. The highest BCUT2D eigenvalue weighted by Crippen LogP contribution is 2.42. The zero-order chi connectivity index (χ0) is 28.0. The van der Waals surface area contributed by atoms with Gasteiger partial charge < -0.3 is 54.9 Å². The molecule has 1 amide bonds. The van der Waals surface area contributed by atoms with Crippen molar-refractivity contribution in [3.8, 4) is 5.75 Å². The summed E-state index contributed by atoms with van der Waals surface area (Å²) >= 11 is 0. The molecule has 7 N–H and O–H groups in total. The highest BCUT2D eigenvalue weighted by molar-refractivity contribution is 7.52. The Balaban J connectivity index is 1.51. The first-order valence-electron chi connectivity index (χ1n) is 12.1. The molecule has 38 heavy (non-hydrogen) atoms. The normalized spacial score (nSPS) is 40.4. The minimum Gasteiger partial charge on any atom is -0.423 e. The maximum Gasteiger partial charge on any atom is 0.373 e. The van der Waals surface area contributed by atoms with E-state index < -0.39 is 86.5 Å². The SMILES string of the molecule is CN[C@@H]1[C@H](O)[C@H](NC)[C@H]2O[C@]3(O)[C@H](O[C@@H]2[C@H]1O)O[C@H](C)C[C@H]3NC(=O)Cc1ncc(OP(C)(=O)O)cc1F. The third-order valence-corrected chi connectivity index (χ3v) is 7.53. The van der Waals surface area contributed by atoms with Crippen LogP contribution in [0.15, 0.2) is 12.3 Å². The molecule has 4 rings (SSSR count). The van der Waals surface area contributed by atoms with Gasteiger partial charge in [-0.1, -0.05) is 0 Å². The summed E-state index contributed by atoms with van der Waals surface area (Å²) in [7, 11) is -0.749. The lowest BCUT2D eigenvalue weighted by Gasteiger charge is -2.58. The van der Waals surface area contributed by atoms with Gasteiger partial charge in [0.2, 0.25) is 18.0 Å².